The summed E-state index contributed by atoms with van der Waals surface area (Å²) in [5, 5.41) is 0. The topological polar surface area (TPSA) is 9.23 Å². The Morgan fingerprint density at radius 2 is 1.12 bits per heavy atom. The van der Waals surface area contributed by atoms with Gasteiger partial charge in [0.2, 0.25) is 5.82 Å². The first kappa shape index (κ1) is 31.1. The Labute approximate surface area is 243 Å². The molecule has 0 atom stereocenters. The number of hydrogen-bond donors (Lipinski definition) is 0. The van der Waals surface area contributed by atoms with E-state index in [4.69, 9.17) is 4.74 Å². The third-order valence-electron chi connectivity index (χ3n) is 8.67. The fraction of sp³-hybridized carbons (Fsp3) is 0.500. The zero-order chi connectivity index (χ0) is 29.2. The summed E-state index contributed by atoms with van der Waals surface area (Å²) >= 11 is 0. The van der Waals surface area contributed by atoms with Crippen molar-refractivity contribution in [3.8, 4) is 28.0 Å². The average molecular weight is 569 g/mol. The van der Waals surface area contributed by atoms with Crippen LogP contribution in [0.4, 0.5) is 17.6 Å². The van der Waals surface area contributed by atoms with Crippen LogP contribution in [-0.4, -0.2) is 6.61 Å². The van der Waals surface area contributed by atoms with Crippen LogP contribution in [-0.2, 0) is 6.42 Å². The van der Waals surface area contributed by atoms with Crippen LogP contribution >= 0.6 is 0 Å². The van der Waals surface area contributed by atoms with Crippen molar-refractivity contribution >= 4 is 0 Å². The van der Waals surface area contributed by atoms with Gasteiger partial charge < -0.3 is 4.74 Å². The molecule has 1 saturated carbocycles. The minimum absolute atomic E-state index is 0.0833. The summed E-state index contributed by atoms with van der Waals surface area (Å²) in [6, 6.07) is 12.5. The highest BCUT2D eigenvalue weighted by Crippen LogP contribution is 2.35. The van der Waals surface area contributed by atoms with Crippen molar-refractivity contribution in [3.05, 3.63) is 77.4 Å². The molecule has 222 valence electrons. The Bertz CT molecular complexity index is 1250. The van der Waals surface area contributed by atoms with E-state index in [1.165, 1.54) is 69.9 Å². The Kier molecular flexibility index (Phi) is 11.7. The van der Waals surface area contributed by atoms with Gasteiger partial charge in [-0.25, -0.2) is 13.2 Å². The normalized spacial score (nSPS) is 17.1. The maximum Gasteiger partial charge on any atom is 0.201 e. The molecule has 5 heteroatoms. The zero-order valence-corrected chi connectivity index (χ0v) is 24.6. The van der Waals surface area contributed by atoms with Gasteiger partial charge in [0.1, 0.15) is 0 Å². The molecule has 0 radical (unpaired) electrons. The number of rotatable bonds is 14. The predicted molar refractivity (Wildman–Crippen MR) is 160 cm³/mol. The largest absolute Gasteiger partial charge is 0.490 e. The molecule has 0 heterocycles. The van der Waals surface area contributed by atoms with Crippen LogP contribution in [0.3, 0.4) is 0 Å². The highest BCUT2D eigenvalue weighted by molar-refractivity contribution is 5.71. The highest BCUT2D eigenvalue weighted by Gasteiger charge is 2.21. The maximum atomic E-state index is 15.1. The Morgan fingerprint density at radius 3 is 1.68 bits per heavy atom. The van der Waals surface area contributed by atoms with Gasteiger partial charge in [0.05, 0.1) is 6.61 Å². The van der Waals surface area contributed by atoms with Crippen molar-refractivity contribution in [2.45, 2.75) is 97.3 Å². The summed E-state index contributed by atoms with van der Waals surface area (Å²) < 4.78 is 64.4. The summed E-state index contributed by atoms with van der Waals surface area (Å²) in [6.45, 7) is 4.44. The predicted octanol–water partition coefficient (Wildman–Crippen LogP) is 11.5. The second-order valence-electron chi connectivity index (χ2n) is 11.7. The van der Waals surface area contributed by atoms with E-state index in [1.54, 1.807) is 36.4 Å². The van der Waals surface area contributed by atoms with E-state index >= 15 is 4.39 Å². The van der Waals surface area contributed by atoms with Gasteiger partial charge in [-0.1, -0.05) is 114 Å². The van der Waals surface area contributed by atoms with Gasteiger partial charge in [0, 0.05) is 11.1 Å². The summed E-state index contributed by atoms with van der Waals surface area (Å²) in [7, 11) is 0. The zero-order valence-electron chi connectivity index (χ0n) is 24.6. The van der Waals surface area contributed by atoms with E-state index in [-0.39, 0.29) is 16.9 Å². The monoisotopic (exact) mass is 568 g/mol. The smallest absolute Gasteiger partial charge is 0.201 e. The first-order valence-electron chi connectivity index (χ1n) is 15.6. The molecule has 4 rings (SSSR count). The number of hydrogen-bond acceptors (Lipinski definition) is 1. The van der Waals surface area contributed by atoms with Crippen LogP contribution in [0.1, 0.15) is 96.5 Å². The summed E-state index contributed by atoms with van der Waals surface area (Å²) in [4.78, 5) is 0. The van der Waals surface area contributed by atoms with E-state index in [1.807, 2.05) is 6.92 Å². The van der Waals surface area contributed by atoms with Crippen molar-refractivity contribution in [2.24, 2.45) is 11.8 Å². The molecule has 0 saturated heterocycles. The molecule has 0 unspecified atom stereocenters. The number of ether oxygens (including phenoxy) is 1. The van der Waals surface area contributed by atoms with Crippen LogP contribution in [0.25, 0.3) is 22.3 Å². The molecule has 1 aliphatic rings. The van der Waals surface area contributed by atoms with E-state index in [0.29, 0.717) is 36.1 Å². The van der Waals surface area contributed by atoms with Gasteiger partial charge in [-0.2, -0.15) is 4.39 Å². The minimum Gasteiger partial charge on any atom is -0.490 e. The van der Waals surface area contributed by atoms with Gasteiger partial charge in [-0.3, -0.25) is 0 Å². The number of benzene rings is 3. The first-order valence-corrected chi connectivity index (χ1v) is 15.6. The summed E-state index contributed by atoms with van der Waals surface area (Å²) in [5.41, 5.74) is 1.56. The van der Waals surface area contributed by atoms with Crippen LogP contribution in [0.2, 0.25) is 0 Å². The lowest BCUT2D eigenvalue weighted by Gasteiger charge is -2.28. The van der Waals surface area contributed by atoms with Crippen molar-refractivity contribution in [2.75, 3.05) is 6.61 Å². The Balaban J connectivity index is 1.31. The standard InChI is InChI=1S/C36H44F4O/c1-3-5-6-9-25-12-14-26(15-13-25)10-7-8-11-29-20-21-30(34(38)33(29)37)27-16-18-28(19-17-27)31-22-23-32(41-24-4-2)36(40)35(31)39/h16-23,25-26H,3-15,24H2,1-2H3. The van der Waals surface area contributed by atoms with Gasteiger partial charge in [0.15, 0.2) is 23.2 Å². The molecule has 1 aliphatic carbocycles. The van der Waals surface area contributed by atoms with E-state index in [9.17, 15) is 13.2 Å². The fourth-order valence-electron chi connectivity index (χ4n) is 6.15. The van der Waals surface area contributed by atoms with Crippen molar-refractivity contribution in [1.82, 2.24) is 0 Å². The Morgan fingerprint density at radius 1 is 0.585 bits per heavy atom. The van der Waals surface area contributed by atoms with Crippen molar-refractivity contribution < 1.29 is 22.3 Å². The van der Waals surface area contributed by atoms with E-state index < -0.39 is 23.3 Å². The molecular formula is C36H44F4O. The van der Waals surface area contributed by atoms with Crippen molar-refractivity contribution in [3.63, 3.8) is 0 Å². The molecule has 0 amide bonds. The lowest BCUT2D eigenvalue weighted by Crippen LogP contribution is -2.14. The van der Waals surface area contributed by atoms with Crippen LogP contribution in [0, 0.1) is 35.1 Å². The van der Waals surface area contributed by atoms with Gasteiger partial charge >= 0.3 is 0 Å². The molecular weight excluding hydrogens is 524 g/mol. The van der Waals surface area contributed by atoms with Crippen molar-refractivity contribution in [1.29, 1.82) is 0 Å². The van der Waals surface area contributed by atoms with Gasteiger partial charge in [-0.15, -0.1) is 0 Å². The molecule has 3 aromatic carbocycles. The summed E-state index contributed by atoms with van der Waals surface area (Å²) in [5.74, 6) is -2.13. The van der Waals surface area contributed by atoms with E-state index in [0.717, 1.165) is 24.7 Å². The second-order valence-corrected chi connectivity index (χ2v) is 11.7. The molecule has 0 bridgehead atoms. The molecule has 0 N–H and O–H groups in total. The Hall–Kier alpha value is -2.82. The third-order valence-corrected chi connectivity index (χ3v) is 8.67. The SMILES string of the molecule is CCCCCC1CCC(CCCCc2ccc(-c3ccc(-c4ccc(OCCC)c(F)c4F)cc3)c(F)c2F)CC1. The molecule has 41 heavy (non-hydrogen) atoms. The minimum atomic E-state index is -1.03. The quantitative estimate of drug-likeness (QED) is 0.139. The highest BCUT2D eigenvalue weighted by atomic mass is 19.2. The fourth-order valence-corrected chi connectivity index (χ4v) is 6.15. The number of unbranched alkanes of at least 4 members (excludes halogenated alkanes) is 3. The molecule has 1 fully saturated rings. The maximum absolute atomic E-state index is 15.1. The van der Waals surface area contributed by atoms with Crippen LogP contribution < -0.4 is 4.74 Å². The summed E-state index contributed by atoms with van der Waals surface area (Å²) in [6.07, 6.45) is 15.0. The lowest BCUT2D eigenvalue weighted by molar-refractivity contribution is 0.245. The van der Waals surface area contributed by atoms with Crippen LogP contribution in [0.15, 0.2) is 48.5 Å². The van der Waals surface area contributed by atoms with Crippen LogP contribution in [0.5, 0.6) is 5.75 Å². The van der Waals surface area contributed by atoms with Gasteiger partial charge in [0.25, 0.3) is 0 Å². The number of halogens is 4. The van der Waals surface area contributed by atoms with Gasteiger partial charge in [-0.05, 0) is 59.9 Å². The molecule has 3 aromatic rings. The molecule has 0 aromatic heterocycles. The number of aryl methyl sites for hydroxylation is 1. The lowest BCUT2D eigenvalue weighted by atomic mass is 9.78. The second kappa shape index (κ2) is 15.4. The molecule has 0 spiro atoms. The molecule has 1 nitrogen and oxygen atoms in total. The third kappa shape index (κ3) is 8.14. The van der Waals surface area contributed by atoms with E-state index in [2.05, 4.69) is 6.92 Å². The molecule has 0 aliphatic heterocycles. The first-order chi connectivity index (χ1) is 19.9. The average Bonchev–Trinajstić information content (AvgIpc) is 2.99.